The van der Waals surface area contributed by atoms with Gasteiger partial charge < -0.3 is 15.8 Å². The summed E-state index contributed by atoms with van der Waals surface area (Å²) >= 11 is 0. The number of amides is 1. The normalized spacial score (nSPS) is 9.06. The Morgan fingerprint density at radius 3 is 3.00 bits per heavy atom. The summed E-state index contributed by atoms with van der Waals surface area (Å²) in [6.45, 7) is 2.02. The highest BCUT2D eigenvalue weighted by atomic mass is 16.5. The number of nitrogen functional groups attached to an aromatic ring is 1. The number of nitrogens with one attached hydrogen (secondary N) is 1. The first-order chi connectivity index (χ1) is 8.13. The number of anilines is 1. The van der Waals surface area contributed by atoms with Crippen molar-refractivity contribution in [3.05, 3.63) is 17.8 Å². The molecule has 0 aliphatic rings. The number of carbonyl (C=O) groups is 1. The first kappa shape index (κ1) is 12.8. The first-order valence-corrected chi connectivity index (χ1v) is 5.16. The first-order valence-electron chi connectivity index (χ1n) is 5.16. The van der Waals surface area contributed by atoms with Crippen LogP contribution in [0.1, 0.15) is 18.9 Å². The molecule has 0 bridgehead atoms. The number of aromatic nitrogens is 1. The molecule has 1 aromatic rings. The van der Waals surface area contributed by atoms with Crippen LogP contribution in [0.5, 0.6) is 5.88 Å². The fourth-order valence-corrected chi connectivity index (χ4v) is 1.17. The minimum Gasteiger partial charge on any atom is -0.480 e. The number of ether oxygens (including phenoxy) is 1. The van der Waals surface area contributed by atoms with Gasteiger partial charge in [0.15, 0.2) is 0 Å². The lowest BCUT2D eigenvalue weighted by atomic mass is 10.2. The summed E-state index contributed by atoms with van der Waals surface area (Å²) in [4.78, 5) is 14.6. The number of nitrogens with two attached hydrogens (primary N) is 1. The maximum absolute atomic E-state index is 10.6. The molecular weight excluding hydrogens is 218 g/mol. The summed E-state index contributed by atoms with van der Waals surface area (Å²) in [5.74, 6) is 6.18. The lowest BCUT2D eigenvalue weighted by Crippen LogP contribution is -2.20. The summed E-state index contributed by atoms with van der Waals surface area (Å²) in [7, 11) is 1.51. The van der Waals surface area contributed by atoms with Crippen molar-refractivity contribution in [2.24, 2.45) is 0 Å². The van der Waals surface area contributed by atoms with E-state index in [1.807, 2.05) is 0 Å². The smallest absolute Gasteiger partial charge is 0.236 e. The summed E-state index contributed by atoms with van der Waals surface area (Å²) in [6.07, 6.45) is 2.19. The van der Waals surface area contributed by atoms with Gasteiger partial charge in [0.05, 0.1) is 12.8 Å². The van der Waals surface area contributed by atoms with Crippen LogP contribution in [0.25, 0.3) is 0 Å². The third-order valence-corrected chi connectivity index (χ3v) is 1.93. The van der Waals surface area contributed by atoms with E-state index in [2.05, 4.69) is 22.1 Å². The van der Waals surface area contributed by atoms with Gasteiger partial charge in [-0.05, 0) is 6.07 Å². The predicted molar refractivity (Wildman–Crippen MR) is 65.4 cm³/mol. The standard InChI is InChI=1S/C12H15N3O2/c1-9(16)14-6-4-3-5-10-7-11(13)12(17-2)15-8-10/h7-8H,4,6,13H2,1-2H3,(H,14,16). The van der Waals surface area contributed by atoms with Crippen molar-refractivity contribution in [2.75, 3.05) is 19.4 Å². The Kier molecular flexibility index (Phi) is 4.82. The summed E-state index contributed by atoms with van der Waals surface area (Å²) in [5, 5.41) is 2.66. The van der Waals surface area contributed by atoms with Crippen LogP contribution < -0.4 is 15.8 Å². The third-order valence-electron chi connectivity index (χ3n) is 1.93. The number of hydrogen-bond donors (Lipinski definition) is 2. The Balaban J connectivity index is 2.54. The molecule has 0 saturated carbocycles. The number of pyridine rings is 1. The monoisotopic (exact) mass is 233 g/mol. The van der Waals surface area contributed by atoms with Gasteiger partial charge in [-0.2, -0.15) is 0 Å². The molecule has 90 valence electrons. The highest BCUT2D eigenvalue weighted by molar-refractivity contribution is 5.72. The number of methoxy groups -OCH3 is 1. The highest BCUT2D eigenvalue weighted by Gasteiger charge is 1.99. The number of rotatable bonds is 3. The van der Waals surface area contributed by atoms with Crippen LogP contribution in [-0.4, -0.2) is 24.5 Å². The van der Waals surface area contributed by atoms with E-state index < -0.39 is 0 Å². The van der Waals surface area contributed by atoms with E-state index in [1.54, 1.807) is 12.3 Å². The molecule has 0 fully saturated rings. The van der Waals surface area contributed by atoms with Crippen LogP contribution in [0.4, 0.5) is 5.69 Å². The Morgan fingerprint density at radius 1 is 1.65 bits per heavy atom. The Hall–Kier alpha value is -2.22. The molecule has 0 aliphatic carbocycles. The molecule has 0 saturated heterocycles. The van der Waals surface area contributed by atoms with E-state index in [0.29, 0.717) is 24.5 Å². The molecule has 17 heavy (non-hydrogen) atoms. The average Bonchev–Trinajstić information content (AvgIpc) is 2.28. The van der Waals surface area contributed by atoms with Gasteiger partial charge in [-0.25, -0.2) is 4.98 Å². The predicted octanol–water partition coefficient (Wildman–Crippen LogP) is 0.550. The summed E-state index contributed by atoms with van der Waals surface area (Å²) in [5.41, 5.74) is 6.88. The van der Waals surface area contributed by atoms with Gasteiger partial charge in [-0.15, -0.1) is 0 Å². The fraction of sp³-hybridized carbons (Fsp3) is 0.333. The maximum atomic E-state index is 10.6. The Bertz CT molecular complexity index is 461. The van der Waals surface area contributed by atoms with Gasteiger partial charge in [-0.1, -0.05) is 11.8 Å². The van der Waals surface area contributed by atoms with E-state index in [0.717, 1.165) is 5.56 Å². The molecule has 5 heteroatoms. The lowest BCUT2D eigenvalue weighted by Gasteiger charge is -2.01. The van der Waals surface area contributed by atoms with Crippen molar-refractivity contribution >= 4 is 11.6 Å². The second kappa shape index (κ2) is 6.38. The zero-order valence-corrected chi connectivity index (χ0v) is 9.91. The Morgan fingerprint density at radius 2 is 2.41 bits per heavy atom. The molecule has 0 aliphatic heterocycles. The molecule has 0 radical (unpaired) electrons. The molecule has 3 N–H and O–H groups in total. The largest absolute Gasteiger partial charge is 0.480 e. The van der Waals surface area contributed by atoms with E-state index >= 15 is 0 Å². The molecule has 1 rings (SSSR count). The van der Waals surface area contributed by atoms with Gasteiger partial charge in [0.1, 0.15) is 0 Å². The molecule has 1 amide bonds. The Labute approximate surface area is 100 Å². The second-order valence-electron chi connectivity index (χ2n) is 3.36. The average molecular weight is 233 g/mol. The lowest BCUT2D eigenvalue weighted by molar-refractivity contribution is -0.118. The van der Waals surface area contributed by atoms with E-state index in [9.17, 15) is 4.79 Å². The number of nitrogens with zero attached hydrogens (tertiary/aromatic N) is 1. The van der Waals surface area contributed by atoms with E-state index in [4.69, 9.17) is 10.5 Å². The minimum atomic E-state index is -0.0536. The van der Waals surface area contributed by atoms with Crippen LogP contribution in [0.2, 0.25) is 0 Å². The van der Waals surface area contributed by atoms with Crippen molar-refractivity contribution in [3.8, 4) is 17.7 Å². The topological polar surface area (TPSA) is 77.2 Å². The summed E-state index contributed by atoms with van der Waals surface area (Å²) in [6, 6.07) is 1.71. The quantitative estimate of drug-likeness (QED) is 0.590. The molecule has 0 aromatic carbocycles. The van der Waals surface area contributed by atoms with Crippen LogP contribution in [0, 0.1) is 11.8 Å². The molecule has 0 atom stereocenters. The molecule has 5 nitrogen and oxygen atoms in total. The van der Waals surface area contributed by atoms with Crippen LogP contribution in [0.3, 0.4) is 0 Å². The van der Waals surface area contributed by atoms with Crippen LogP contribution in [0.15, 0.2) is 12.3 Å². The minimum absolute atomic E-state index is 0.0536. The van der Waals surface area contributed by atoms with E-state index in [1.165, 1.54) is 14.0 Å². The fourth-order valence-electron chi connectivity index (χ4n) is 1.17. The van der Waals surface area contributed by atoms with Crippen molar-refractivity contribution in [1.29, 1.82) is 0 Å². The van der Waals surface area contributed by atoms with Gasteiger partial charge in [0.25, 0.3) is 0 Å². The number of carbonyl (C=O) groups excluding carboxylic acids is 1. The number of hydrogen-bond acceptors (Lipinski definition) is 4. The molecular formula is C12H15N3O2. The second-order valence-corrected chi connectivity index (χ2v) is 3.36. The van der Waals surface area contributed by atoms with Gasteiger partial charge in [-0.3, -0.25) is 4.79 Å². The van der Waals surface area contributed by atoms with E-state index in [-0.39, 0.29) is 5.91 Å². The van der Waals surface area contributed by atoms with Crippen LogP contribution >= 0.6 is 0 Å². The maximum Gasteiger partial charge on any atom is 0.236 e. The molecule has 1 aromatic heterocycles. The third kappa shape index (κ3) is 4.43. The van der Waals surface area contributed by atoms with Crippen LogP contribution in [-0.2, 0) is 4.79 Å². The zero-order valence-electron chi connectivity index (χ0n) is 9.91. The van der Waals surface area contributed by atoms with Crippen molar-refractivity contribution in [1.82, 2.24) is 10.3 Å². The van der Waals surface area contributed by atoms with Crippen molar-refractivity contribution < 1.29 is 9.53 Å². The van der Waals surface area contributed by atoms with Gasteiger partial charge >= 0.3 is 0 Å². The molecule has 0 spiro atoms. The van der Waals surface area contributed by atoms with Crippen molar-refractivity contribution in [3.63, 3.8) is 0 Å². The molecule has 1 heterocycles. The SMILES string of the molecule is COc1ncc(C#CCCNC(C)=O)cc1N. The zero-order chi connectivity index (χ0) is 12.7. The summed E-state index contributed by atoms with van der Waals surface area (Å²) < 4.78 is 4.94. The van der Waals surface area contributed by atoms with Crippen molar-refractivity contribution in [2.45, 2.75) is 13.3 Å². The van der Waals surface area contributed by atoms with Gasteiger partial charge in [0.2, 0.25) is 11.8 Å². The van der Waals surface area contributed by atoms with Gasteiger partial charge in [0, 0.05) is 31.6 Å². The highest BCUT2D eigenvalue weighted by Crippen LogP contribution is 2.17. The molecule has 0 unspecified atom stereocenters.